The number of rotatable bonds is 4. The summed E-state index contributed by atoms with van der Waals surface area (Å²) in [4.78, 5) is 24.0. The highest BCUT2D eigenvalue weighted by Gasteiger charge is 2.15. The number of carboxylic acid groups (broad SMARTS) is 1. The molecular formula is C15H16N2O3. The second kappa shape index (κ2) is 6.06. The number of anilines is 1. The molecule has 2 rings (SSSR count). The summed E-state index contributed by atoms with van der Waals surface area (Å²) in [5.74, 6) is -1.03. The standard InChI is InChI=1S/C15H16N2O3/c1-2-17(10-14(18)19)15(20)16-13-9-5-7-11-6-3-4-8-12(11)13/h3-9H,2,10H2,1H3,(H,16,20)(H,18,19). The Bertz CT molecular complexity index is 635. The lowest BCUT2D eigenvalue weighted by Crippen LogP contribution is -2.38. The molecule has 20 heavy (non-hydrogen) atoms. The van der Waals surface area contributed by atoms with Crippen LogP contribution in [-0.4, -0.2) is 35.1 Å². The number of carbonyl (C=O) groups is 2. The molecule has 5 nitrogen and oxygen atoms in total. The summed E-state index contributed by atoms with van der Waals surface area (Å²) in [6.45, 7) is 1.77. The maximum atomic E-state index is 12.1. The van der Waals surface area contributed by atoms with E-state index in [1.165, 1.54) is 4.90 Å². The normalized spacial score (nSPS) is 10.2. The van der Waals surface area contributed by atoms with E-state index in [9.17, 15) is 9.59 Å². The molecule has 5 heteroatoms. The van der Waals surface area contributed by atoms with E-state index in [1.807, 2.05) is 36.4 Å². The third-order valence-electron chi connectivity index (χ3n) is 3.03. The third-order valence-corrected chi connectivity index (χ3v) is 3.03. The zero-order valence-electron chi connectivity index (χ0n) is 11.2. The zero-order valence-corrected chi connectivity index (χ0v) is 11.2. The van der Waals surface area contributed by atoms with Crippen molar-refractivity contribution in [3.8, 4) is 0 Å². The summed E-state index contributed by atoms with van der Waals surface area (Å²) >= 11 is 0. The number of carboxylic acids is 1. The van der Waals surface area contributed by atoms with Crippen molar-refractivity contribution in [1.82, 2.24) is 4.90 Å². The number of fused-ring (bicyclic) bond motifs is 1. The maximum Gasteiger partial charge on any atom is 0.323 e. The van der Waals surface area contributed by atoms with Gasteiger partial charge in [-0.2, -0.15) is 0 Å². The Labute approximate surface area is 116 Å². The van der Waals surface area contributed by atoms with E-state index in [2.05, 4.69) is 5.32 Å². The fourth-order valence-electron chi connectivity index (χ4n) is 2.02. The fourth-order valence-corrected chi connectivity index (χ4v) is 2.02. The molecule has 0 unspecified atom stereocenters. The minimum Gasteiger partial charge on any atom is -0.480 e. The largest absolute Gasteiger partial charge is 0.480 e. The van der Waals surface area contributed by atoms with Crippen LogP contribution in [0.1, 0.15) is 6.92 Å². The van der Waals surface area contributed by atoms with Crippen LogP contribution in [0.2, 0.25) is 0 Å². The van der Waals surface area contributed by atoms with Crippen LogP contribution in [0.3, 0.4) is 0 Å². The Kier molecular flexibility index (Phi) is 4.20. The van der Waals surface area contributed by atoms with Crippen LogP contribution in [0, 0.1) is 0 Å². The summed E-state index contributed by atoms with van der Waals surface area (Å²) in [7, 11) is 0. The van der Waals surface area contributed by atoms with Gasteiger partial charge in [0.2, 0.25) is 0 Å². The van der Waals surface area contributed by atoms with Gasteiger partial charge in [-0.1, -0.05) is 36.4 Å². The molecular weight excluding hydrogens is 256 g/mol. The second-order valence-electron chi connectivity index (χ2n) is 4.36. The van der Waals surface area contributed by atoms with E-state index in [4.69, 9.17) is 5.11 Å². The Morgan fingerprint density at radius 2 is 1.85 bits per heavy atom. The average molecular weight is 272 g/mol. The lowest BCUT2D eigenvalue weighted by Gasteiger charge is -2.19. The summed E-state index contributed by atoms with van der Waals surface area (Å²) in [5, 5.41) is 13.5. The summed E-state index contributed by atoms with van der Waals surface area (Å²) in [6.07, 6.45) is 0. The summed E-state index contributed by atoms with van der Waals surface area (Å²) in [5.41, 5.74) is 0.678. The molecule has 0 aliphatic heterocycles. The Hall–Kier alpha value is -2.56. The molecule has 0 saturated heterocycles. The summed E-state index contributed by atoms with van der Waals surface area (Å²) < 4.78 is 0. The van der Waals surface area contributed by atoms with Crippen molar-refractivity contribution in [1.29, 1.82) is 0 Å². The quantitative estimate of drug-likeness (QED) is 0.899. The van der Waals surface area contributed by atoms with Gasteiger partial charge < -0.3 is 15.3 Å². The van der Waals surface area contributed by atoms with E-state index in [0.717, 1.165) is 10.8 Å². The Morgan fingerprint density at radius 3 is 2.55 bits per heavy atom. The van der Waals surface area contributed by atoms with Gasteiger partial charge in [-0.15, -0.1) is 0 Å². The molecule has 0 aliphatic carbocycles. The lowest BCUT2D eigenvalue weighted by atomic mass is 10.1. The first-order valence-electron chi connectivity index (χ1n) is 6.37. The number of nitrogens with one attached hydrogen (secondary N) is 1. The number of amides is 2. The number of nitrogens with zero attached hydrogens (tertiary/aromatic N) is 1. The van der Waals surface area contributed by atoms with E-state index >= 15 is 0 Å². The number of hydrogen-bond donors (Lipinski definition) is 2. The highest BCUT2D eigenvalue weighted by atomic mass is 16.4. The fraction of sp³-hybridized carbons (Fsp3) is 0.200. The monoisotopic (exact) mass is 272 g/mol. The van der Waals surface area contributed by atoms with Crippen molar-refractivity contribution in [3.63, 3.8) is 0 Å². The van der Waals surface area contributed by atoms with Crippen molar-refractivity contribution in [2.75, 3.05) is 18.4 Å². The van der Waals surface area contributed by atoms with Gasteiger partial charge in [0.1, 0.15) is 6.54 Å². The van der Waals surface area contributed by atoms with E-state index in [-0.39, 0.29) is 6.54 Å². The number of urea groups is 1. The smallest absolute Gasteiger partial charge is 0.323 e. The summed E-state index contributed by atoms with van der Waals surface area (Å²) in [6, 6.07) is 12.9. The molecule has 0 saturated carbocycles. The zero-order chi connectivity index (χ0) is 14.5. The molecule has 0 aliphatic rings. The number of likely N-dealkylation sites (N-methyl/N-ethyl adjacent to an activating group) is 1. The van der Waals surface area contributed by atoms with E-state index in [1.54, 1.807) is 13.0 Å². The minimum atomic E-state index is -1.03. The van der Waals surface area contributed by atoms with Crippen molar-refractivity contribution < 1.29 is 14.7 Å². The predicted octanol–water partition coefficient (Wildman–Crippen LogP) is 2.78. The van der Waals surface area contributed by atoms with Crippen LogP contribution < -0.4 is 5.32 Å². The van der Waals surface area contributed by atoms with Gasteiger partial charge >= 0.3 is 12.0 Å². The molecule has 0 radical (unpaired) electrons. The number of benzene rings is 2. The number of aliphatic carboxylic acids is 1. The van der Waals surface area contributed by atoms with E-state index < -0.39 is 12.0 Å². The molecule has 0 fully saturated rings. The Balaban J connectivity index is 2.23. The minimum absolute atomic E-state index is 0.312. The SMILES string of the molecule is CCN(CC(=O)O)C(=O)Nc1cccc2ccccc12. The van der Waals surface area contributed by atoms with Crippen molar-refractivity contribution in [2.45, 2.75) is 6.92 Å². The van der Waals surface area contributed by atoms with Crippen molar-refractivity contribution >= 4 is 28.5 Å². The van der Waals surface area contributed by atoms with Crippen LogP contribution in [0.4, 0.5) is 10.5 Å². The van der Waals surface area contributed by atoms with Gasteiger partial charge in [-0.3, -0.25) is 4.79 Å². The first kappa shape index (κ1) is 13.9. The van der Waals surface area contributed by atoms with Crippen LogP contribution in [-0.2, 0) is 4.79 Å². The molecule has 2 aromatic rings. The highest BCUT2D eigenvalue weighted by molar-refractivity contribution is 6.02. The van der Waals surface area contributed by atoms with Gasteiger partial charge in [-0.05, 0) is 18.4 Å². The molecule has 2 N–H and O–H groups in total. The van der Waals surface area contributed by atoms with Crippen LogP contribution in [0.15, 0.2) is 42.5 Å². The molecule has 0 heterocycles. The number of carbonyl (C=O) groups excluding carboxylic acids is 1. The molecule has 2 aromatic carbocycles. The first-order chi connectivity index (χ1) is 9.61. The van der Waals surface area contributed by atoms with E-state index in [0.29, 0.717) is 12.2 Å². The topological polar surface area (TPSA) is 69.6 Å². The van der Waals surface area contributed by atoms with Crippen molar-refractivity contribution in [2.24, 2.45) is 0 Å². The van der Waals surface area contributed by atoms with Crippen LogP contribution >= 0.6 is 0 Å². The maximum absolute atomic E-state index is 12.1. The molecule has 2 amide bonds. The van der Waals surface area contributed by atoms with Crippen LogP contribution in [0.5, 0.6) is 0 Å². The van der Waals surface area contributed by atoms with Crippen LogP contribution in [0.25, 0.3) is 10.8 Å². The molecule has 0 aromatic heterocycles. The molecule has 0 bridgehead atoms. The lowest BCUT2D eigenvalue weighted by molar-refractivity contribution is -0.137. The number of hydrogen-bond acceptors (Lipinski definition) is 2. The highest BCUT2D eigenvalue weighted by Crippen LogP contribution is 2.23. The third kappa shape index (κ3) is 3.06. The Morgan fingerprint density at radius 1 is 1.15 bits per heavy atom. The van der Waals surface area contributed by atoms with Gasteiger partial charge in [0.05, 0.1) is 5.69 Å². The molecule has 104 valence electrons. The van der Waals surface area contributed by atoms with Gasteiger partial charge in [0, 0.05) is 11.9 Å². The van der Waals surface area contributed by atoms with Gasteiger partial charge in [0.25, 0.3) is 0 Å². The molecule has 0 spiro atoms. The molecule has 0 atom stereocenters. The van der Waals surface area contributed by atoms with Gasteiger partial charge in [0.15, 0.2) is 0 Å². The average Bonchev–Trinajstić information content (AvgIpc) is 2.45. The first-order valence-corrected chi connectivity index (χ1v) is 6.37. The van der Waals surface area contributed by atoms with Crippen molar-refractivity contribution in [3.05, 3.63) is 42.5 Å². The van der Waals surface area contributed by atoms with Gasteiger partial charge in [-0.25, -0.2) is 4.79 Å². The predicted molar refractivity (Wildman–Crippen MR) is 77.8 cm³/mol. The second-order valence-corrected chi connectivity index (χ2v) is 4.36.